The maximum atomic E-state index is 12.5. The first-order valence-corrected chi connectivity index (χ1v) is 8.23. The summed E-state index contributed by atoms with van der Waals surface area (Å²) in [4.78, 5) is 26.4. The molecule has 3 rings (SSSR count). The topological polar surface area (TPSA) is 73.2 Å². The van der Waals surface area contributed by atoms with Gasteiger partial charge in [-0.05, 0) is 48.9 Å². The van der Waals surface area contributed by atoms with Gasteiger partial charge in [0.25, 0.3) is 0 Å². The van der Waals surface area contributed by atoms with Gasteiger partial charge in [0.05, 0.1) is 17.6 Å². The van der Waals surface area contributed by atoms with E-state index in [0.717, 1.165) is 11.3 Å². The molecule has 1 fully saturated rings. The van der Waals surface area contributed by atoms with Gasteiger partial charge >= 0.3 is 0 Å². The second-order valence-electron chi connectivity index (χ2n) is 6.01. The van der Waals surface area contributed by atoms with Crippen LogP contribution in [0.2, 0.25) is 5.02 Å². The van der Waals surface area contributed by atoms with E-state index in [0.29, 0.717) is 22.8 Å². The maximum absolute atomic E-state index is 12.5. The zero-order valence-corrected chi connectivity index (χ0v) is 14.4. The molecule has 5 nitrogen and oxygen atoms in total. The van der Waals surface area contributed by atoms with Gasteiger partial charge in [-0.2, -0.15) is 5.26 Å². The van der Waals surface area contributed by atoms with Crippen LogP contribution >= 0.6 is 11.6 Å². The van der Waals surface area contributed by atoms with Gasteiger partial charge in [-0.1, -0.05) is 17.7 Å². The van der Waals surface area contributed by atoms with Gasteiger partial charge in [-0.25, -0.2) is 0 Å². The van der Waals surface area contributed by atoms with Gasteiger partial charge in [0.15, 0.2) is 0 Å². The van der Waals surface area contributed by atoms with E-state index >= 15 is 0 Å². The van der Waals surface area contributed by atoms with Gasteiger partial charge in [-0.15, -0.1) is 0 Å². The van der Waals surface area contributed by atoms with Gasteiger partial charge < -0.3 is 10.2 Å². The van der Waals surface area contributed by atoms with Crippen molar-refractivity contribution in [3.05, 3.63) is 58.6 Å². The number of aryl methyl sites for hydroxylation is 1. The highest BCUT2D eigenvalue weighted by atomic mass is 35.5. The number of nitriles is 1. The van der Waals surface area contributed by atoms with Crippen LogP contribution in [0.25, 0.3) is 0 Å². The molecule has 0 saturated carbocycles. The molecule has 1 N–H and O–H groups in total. The summed E-state index contributed by atoms with van der Waals surface area (Å²) in [7, 11) is 0. The summed E-state index contributed by atoms with van der Waals surface area (Å²) >= 11 is 6.03. The molecule has 1 atom stereocenters. The number of carbonyl (C=O) groups is 2. The van der Waals surface area contributed by atoms with Gasteiger partial charge in [0, 0.05) is 29.4 Å². The molecule has 0 spiro atoms. The lowest BCUT2D eigenvalue weighted by Gasteiger charge is -2.19. The van der Waals surface area contributed by atoms with Gasteiger partial charge in [0.1, 0.15) is 0 Å². The second kappa shape index (κ2) is 6.96. The van der Waals surface area contributed by atoms with Crippen LogP contribution in [0.1, 0.15) is 17.5 Å². The lowest BCUT2D eigenvalue weighted by Crippen LogP contribution is -2.28. The second-order valence-corrected chi connectivity index (χ2v) is 6.45. The Bertz CT molecular complexity index is 871. The van der Waals surface area contributed by atoms with E-state index in [1.165, 1.54) is 0 Å². The lowest BCUT2D eigenvalue weighted by molar-refractivity contribution is -0.122. The Balaban J connectivity index is 1.72. The molecule has 1 aliphatic rings. The first kappa shape index (κ1) is 17.0. The van der Waals surface area contributed by atoms with E-state index in [2.05, 4.69) is 5.32 Å². The Morgan fingerprint density at radius 1 is 1.28 bits per heavy atom. The smallest absolute Gasteiger partial charge is 0.229 e. The molecule has 1 saturated heterocycles. The number of rotatable bonds is 3. The van der Waals surface area contributed by atoms with Crippen molar-refractivity contribution in [1.29, 1.82) is 5.26 Å². The maximum Gasteiger partial charge on any atom is 0.229 e. The molecular formula is C19H16ClN3O2. The average Bonchev–Trinajstić information content (AvgIpc) is 2.99. The van der Waals surface area contributed by atoms with Crippen LogP contribution in [0.5, 0.6) is 0 Å². The molecular weight excluding hydrogens is 338 g/mol. The number of hydrogen-bond donors (Lipinski definition) is 1. The molecule has 126 valence electrons. The number of halogens is 1. The third-order valence-electron chi connectivity index (χ3n) is 4.24. The van der Waals surface area contributed by atoms with Crippen LogP contribution in [0.15, 0.2) is 42.5 Å². The first-order valence-electron chi connectivity index (χ1n) is 7.85. The summed E-state index contributed by atoms with van der Waals surface area (Å²) in [5, 5.41) is 12.2. The van der Waals surface area contributed by atoms with Crippen LogP contribution in [0.3, 0.4) is 0 Å². The molecule has 1 unspecified atom stereocenters. The van der Waals surface area contributed by atoms with Crippen LogP contribution in [-0.2, 0) is 9.59 Å². The highest BCUT2D eigenvalue weighted by Gasteiger charge is 2.35. The van der Waals surface area contributed by atoms with E-state index < -0.39 is 5.92 Å². The summed E-state index contributed by atoms with van der Waals surface area (Å²) < 4.78 is 0. The number of benzene rings is 2. The van der Waals surface area contributed by atoms with E-state index in [1.54, 1.807) is 41.3 Å². The third-order valence-corrected chi connectivity index (χ3v) is 4.47. The van der Waals surface area contributed by atoms with E-state index in [4.69, 9.17) is 16.9 Å². The number of carbonyl (C=O) groups excluding carboxylic acids is 2. The fraction of sp³-hybridized carbons (Fsp3) is 0.211. The minimum absolute atomic E-state index is 0.0923. The summed E-state index contributed by atoms with van der Waals surface area (Å²) in [5.74, 6) is -0.730. The van der Waals surface area contributed by atoms with Crippen molar-refractivity contribution < 1.29 is 9.59 Å². The SMILES string of the molecule is Cc1ccc(Cl)cc1N1CC(C(=O)Nc2ccc(C#N)cc2)CC1=O. The molecule has 2 amide bonds. The molecule has 2 aromatic rings. The largest absolute Gasteiger partial charge is 0.326 e. The van der Waals surface area contributed by atoms with Crippen LogP contribution < -0.4 is 10.2 Å². The van der Waals surface area contributed by atoms with E-state index in [9.17, 15) is 9.59 Å². The van der Waals surface area contributed by atoms with Crippen LogP contribution in [0.4, 0.5) is 11.4 Å². The first-order chi connectivity index (χ1) is 12.0. The summed E-state index contributed by atoms with van der Waals surface area (Å²) in [5.41, 5.74) is 2.81. The molecule has 25 heavy (non-hydrogen) atoms. The average molecular weight is 354 g/mol. The number of amides is 2. The quantitative estimate of drug-likeness (QED) is 0.917. The number of hydrogen-bond acceptors (Lipinski definition) is 3. The zero-order chi connectivity index (χ0) is 18.0. The predicted octanol–water partition coefficient (Wildman–Crippen LogP) is 3.51. The van der Waals surface area contributed by atoms with Crippen molar-refractivity contribution in [2.24, 2.45) is 5.92 Å². The highest BCUT2D eigenvalue weighted by molar-refractivity contribution is 6.31. The Labute approximate surface area is 150 Å². The molecule has 0 aromatic heterocycles. The van der Waals surface area contributed by atoms with Crippen molar-refractivity contribution in [1.82, 2.24) is 0 Å². The summed E-state index contributed by atoms with van der Waals surface area (Å²) in [6.45, 7) is 2.23. The number of nitrogens with one attached hydrogen (secondary N) is 1. The van der Waals surface area contributed by atoms with Crippen molar-refractivity contribution in [3.8, 4) is 6.07 Å². The fourth-order valence-corrected chi connectivity index (χ4v) is 3.03. The number of anilines is 2. The molecule has 0 aliphatic carbocycles. The predicted molar refractivity (Wildman–Crippen MR) is 96.4 cm³/mol. The van der Waals surface area contributed by atoms with Crippen molar-refractivity contribution in [2.45, 2.75) is 13.3 Å². The summed E-state index contributed by atoms with van der Waals surface area (Å²) in [6.07, 6.45) is 0.161. The van der Waals surface area contributed by atoms with Gasteiger partial charge in [0.2, 0.25) is 11.8 Å². The molecule has 2 aromatic carbocycles. The molecule has 1 aliphatic heterocycles. The minimum atomic E-state index is -0.429. The van der Waals surface area contributed by atoms with Crippen LogP contribution in [0, 0.1) is 24.2 Å². The standard InChI is InChI=1S/C19H16ClN3O2/c1-12-2-5-15(20)9-17(12)23-11-14(8-18(23)24)19(25)22-16-6-3-13(10-21)4-7-16/h2-7,9,14H,8,11H2,1H3,(H,22,25). The molecule has 1 heterocycles. The Hall–Kier alpha value is -2.84. The van der Waals surface area contributed by atoms with Crippen molar-refractivity contribution >= 4 is 34.8 Å². The van der Waals surface area contributed by atoms with Gasteiger partial charge in [-0.3, -0.25) is 9.59 Å². The van der Waals surface area contributed by atoms with E-state index in [1.807, 2.05) is 19.1 Å². The molecule has 0 bridgehead atoms. The Morgan fingerprint density at radius 2 is 2.00 bits per heavy atom. The normalized spacial score (nSPS) is 16.6. The van der Waals surface area contributed by atoms with E-state index in [-0.39, 0.29) is 18.2 Å². The third kappa shape index (κ3) is 3.65. The zero-order valence-electron chi connectivity index (χ0n) is 13.6. The monoisotopic (exact) mass is 353 g/mol. The highest BCUT2D eigenvalue weighted by Crippen LogP contribution is 2.30. The molecule has 0 radical (unpaired) electrons. The van der Waals surface area contributed by atoms with Crippen LogP contribution in [-0.4, -0.2) is 18.4 Å². The minimum Gasteiger partial charge on any atom is -0.326 e. The number of nitrogens with zero attached hydrogens (tertiary/aromatic N) is 2. The fourth-order valence-electron chi connectivity index (χ4n) is 2.86. The van der Waals surface area contributed by atoms with Crippen molar-refractivity contribution in [2.75, 3.05) is 16.8 Å². The lowest BCUT2D eigenvalue weighted by atomic mass is 10.1. The Kier molecular flexibility index (Phi) is 4.73. The summed E-state index contributed by atoms with van der Waals surface area (Å²) in [6, 6.07) is 14.0. The molecule has 6 heteroatoms. The Morgan fingerprint density at radius 3 is 2.68 bits per heavy atom. The van der Waals surface area contributed by atoms with Crippen molar-refractivity contribution in [3.63, 3.8) is 0 Å².